The molecule has 0 spiro atoms. The van der Waals surface area contributed by atoms with E-state index >= 15 is 0 Å². The second kappa shape index (κ2) is 8.80. The second-order valence-electron chi connectivity index (χ2n) is 6.06. The molecule has 2 aromatic rings. The minimum absolute atomic E-state index is 0.106. The molecule has 2 N–H and O–H groups in total. The Kier molecular flexibility index (Phi) is 6.49. The van der Waals surface area contributed by atoms with E-state index in [1.165, 1.54) is 19.1 Å². The highest BCUT2D eigenvalue weighted by Gasteiger charge is 2.13. The fourth-order valence-electron chi connectivity index (χ4n) is 2.49. The molecule has 0 unspecified atom stereocenters. The average molecular weight is 354 g/mol. The lowest BCUT2D eigenvalue weighted by molar-refractivity contribution is -0.129. The Morgan fingerprint density at radius 3 is 2.38 bits per heavy atom. The topological polar surface area (TPSA) is 86.7 Å². The fourth-order valence-corrected chi connectivity index (χ4v) is 2.49. The number of carbonyl (C=O) groups excluding carboxylic acids is 2. The van der Waals surface area contributed by atoms with Crippen LogP contribution in [0.3, 0.4) is 0 Å². The summed E-state index contributed by atoms with van der Waals surface area (Å²) < 4.78 is 0. The predicted octanol–water partition coefficient (Wildman–Crippen LogP) is 3.07. The van der Waals surface area contributed by atoms with E-state index in [1.54, 1.807) is 17.9 Å². The molecule has 2 aromatic carbocycles. The monoisotopic (exact) mass is 354 g/mol. The first-order chi connectivity index (χ1) is 12.4. The van der Waals surface area contributed by atoms with E-state index in [1.807, 2.05) is 30.3 Å². The summed E-state index contributed by atoms with van der Waals surface area (Å²) in [7, 11) is 0. The number of carbonyl (C=O) groups is 3. The number of hydrogen-bond acceptors (Lipinski definition) is 3. The molecule has 6 nitrogen and oxygen atoms in total. The van der Waals surface area contributed by atoms with Gasteiger partial charge in [0.1, 0.15) is 0 Å². The minimum Gasteiger partial charge on any atom is -0.478 e. The van der Waals surface area contributed by atoms with Crippen molar-refractivity contribution in [2.75, 3.05) is 11.9 Å². The van der Waals surface area contributed by atoms with Gasteiger partial charge in [0.25, 0.3) is 0 Å². The van der Waals surface area contributed by atoms with Crippen LogP contribution in [0, 0.1) is 6.92 Å². The summed E-state index contributed by atoms with van der Waals surface area (Å²) in [6.07, 6.45) is 0.128. The molecule has 0 aliphatic carbocycles. The largest absolute Gasteiger partial charge is 0.478 e. The summed E-state index contributed by atoms with van der Waals surface area (Å²) in [4.78, 5) is 36.7. The molecule has 2 amide bonds. The Labute approximate surface area is 152 Å². The van der Waals surface area contributed by atoms with E-state index in [2.05, 4.69) is 5.32 Å². The van der Waals surface area contributed by atoms with E-state index in [0.29, 0.717) is 12.2 Å². The van der Waals surface area contributed by atoms with Crippen molar-refractivity contribution >= 4 is 23.5 Å². The van der Waals surface area contributed by atoms with Crippen molar-refractivity contribution in [1.29, 1.82) is 0 Å². The van der Waals surface area contributed by atoms with Crippen molar-refractivity contribution in [1.82, 2.24) is 4.90 Å². The van der Waals surface area contributed by atoms with Gasteiger partial charge in [-0.15, -0.1) is 0 Å². The molecule has 26 heavy (non-hydrogen) atoms. The van der Waals surface area contributed by atoms with Crippen LogP contribution >= 0.6 is 0 Å². The Morgan fingerprint density at radius 1 is 1.08 bits per heavy atom. The van der Waals surface area contributed by atoms with Crippen LogP contribution in [0.25, 0.3) is 0 Å². The summed E-state index contributed by atoms with van der Waals surface area (Å²) in [6.45, 7) is 3.99. The molecule has 0 saturated carbocycles. The first-order valence-corrected chi connectivity index (χ1v) is 8.30. The highest BCUT2D eigenvalue weighted by atomic mass is 16.4. The van der Waals surface area contributed by atoms with Crippen molar-refractivity contribution in [2.24, 2.45) is 0 Å². The first kappa shape index (κ1) is 19.2. The van der Waals surface area contributed by atoms with Crippen molar-refractivity contribution in [3.63, 3.8) is 0 Å². The molecule has 0 aromatic heterocycles. The number of nitrogens with one attached hydrogen (secondary N) is 1. The highest BCUT2D eigenvalue weighted by Crippen LogP contribution is 2.17. The third kappa shape index (κ3) is 5.44. The number of aromatic carboxylic acids is 1. The van der Waals surface area contributed by atoms with Gasteiger partial charge in [0, 0.05) is 32.1 Å². The van der Waals surface area contributed by atoms with Crippen LogP contribution in [-0.4, -0.2) is 34.3 Å². The number of carboxylic acids is 1. The van der Waals surface area contributed by atoms with Crippen molar-refractivity contribution < 1.29 is 19.5 Å². The second-order valence-corrected chi connectivity index (χ2v) is 6.06. The highest BCUT2D eigenvalue weighted by molar-refractivity contribution is 5.95. The summed E-state index contributed by atoms with van der Waals surface area (Å²) >= 11 is 0. The number of aryl methyl sites for hydroxylation is 1. The molecule has 0 aliphatic rings. The molecule has 0 aliphatic heterocycles. The first-order valence-electron chi connectivity index (χ1n) is 8.30. The van der Waals surface area contributed by atoms with Crippen LogP contribution < -0.4 is 5.32 Å². The Morgan fingerprint density at radius 2 is 1.77 bits per heavy atom. The standard InChI is InChI=1S/C20H22N2O4/c1-14-8-9-17(20(25)26)12-18(14)21-19(24)10-11-22(15(2)23)13-16-6-4-3-5-7-16/h3-9,12H,10-11,13H2,1-2H3,(H,21,24)(H,25,26). The van der Waals surface area contributed by atoms with Crippen LogP contribution in [0.5, 0.6) is 0 Å². The third-order valence-electron chi connectivity index (χ3n) is 4.03. The number of amides is 2. The molecule has 0 saturated heterocycles. The van der Waals surface area contributed by atoms with Crippen LogP contribution in [0.2, 0.25) is 0 Å². The number of rotatable bonds is 7. The third-order valence-corrected chi connectivity index (χ3v) is 4.03. The van der Waals surface area contributed by atoms with Crippen molar-refractivity contribution in [2.45, 2.75) is 26.8 Å². The number of benzene rings is 2. The average Bonchev–Trinajstić information content (AvgIpc) is 2.61. The number of anilines is 1. The van der Waals surface area contributed by atoms with Crippen LogP contribution in [-0.2, 0) is 16.1 Å². The van der Waals surface area contributed by atoms with Gasteiger partial charge in [-0.05, 0) is 30.2 Å². The molecule has 0 bridgehead atoms. The number of nitrogens with zero attached hydrogens (tertiary/aromatic N) is 1. The lowest BCUT2D eigenvalue weighted by Crippen LogP contribution is -2.31. The molecule has 0 radical (unpaired) electrons. The Bertz CT molecular complexity index is 803. The molecule has 136 valence electrons. The maximum absolute atomic E-state index is 12.2. The Balaban J connectivity index is 1.97. The summed E-state index contributed by atoms with van der Waals surface area (Å²) in [5, 5.41) is 11.8. The molecule has 0 fully saturated rings. The van der Waals surface area contributed by atoms with E-state index in [-0.39, 0.29) is 30.3 Å². The van der Waals surface area contributed by atoms with Gasteiger partial charge in [0.2, 0.25) is 11.8 Å². The zero-order chi connectivity index (χ0) is 19.1. The number of hydrogen-bond donors (Lipinski definition) is 2. The van der Waals surface area contributed by atoms with E-state index in [0.717, 1.165) is 11.1 Å². The molecular formula is C20H22N2O4. The zero-order valence-electron chi connectivity index (χ0n) is 14.9. The smallest absolute Gasteiger partial charge is 0.335 e. The van der Waals surface area contributed by atoms with E-state index in [4.69, 9.17) is 5.11 Å². The minimum atomic E-state index is -1.05. The summed E-state index contributed by atoms with van der Waals surface area (Å²) in [5.74, 6) is -1.42. The van der Waals surface area contributed by atoms with Gasteiger partial charge >= 0.3 is 5.97 Å². The molecule has 0 heterocycles. The fraction of sp³-hybridized carbons (Fsp3) is 0.250. The van der Waals surface area contributed by atoms with Gasteiger partial charge in [-0.2, -0.15) is 0 Å². The summed E-state index contributed by atoms with van der Waals surface area (Å²) in [5.41, 5.74) is 2.34. The molecule has 2 rings (SSSR count). The lowest BCUT2D eigenvalue weighted by atomic mass is 10.1. The predicted molar refractivity (Wildman–Crippen MR) is 98.9 cm³/mol. The van der Waals surface area contributed by atoms with Crippen LogP contribution in [0.4, 0.5) is 5.69 Å². The van der Waals surface area contributed by atoms with Gasteiger partial charge in [-0.1, -0.05) is 36.4 Å². The van der Waals surface area contributed by atoms with Crippen molar-refractivity contribution in [3.05, 3.63) is 65.2 Å². The zero-order valence-corrected chi connectivity index (χ0v) is 14.9. The van der Waals surface area contributed by atoms with Gasteiger partial charge in [0.05, 0.1) is 5.56 Å². The van der Waals surface area contributed by atoms with Gasteiger partial charge < -0.3 is 15.3 Å². The van der Waals surface area contributed by atoms with Crippen molar-refractivity contribution in [3.8, 4) is 0 Å². The number of carboxylic acid groups (broad SMARTS) is 1. The SMILES string of the molecule is CC(=O)N(CCC(=O)Nc1cc(C(=O)O)ccc1C)Cc1ccccc1. The van der Waals surface area contributed by atoms with Gasteiger partial charge in [0.15, 0.2) is 0 Å². The quantitative estimate of drug-likeness (QED) is 0.800. The van der Waals surface area contributed by atoms with E-state index < -0.39 is 5.97 Å². The maximum Gasteiger partial charge on any atom is 0.335 e. The lowest BCUT2D eigenvalue weighted by Gasteiger charge is -2.21. The van der Waals surface area contributed by atoms with Crippen LogP contribution in [0.1, 0.15) is 34.8 Å². The molecule has 0 atom stereocenters. The summed E-state index contributed by atoms with van der Waals surface area (Å²) in [6, 6.07) is 14.1. The van der Waals surface area contributed by atoms with Crippen LogP contribution in [0.15, 0.2) is 48.5 Å². The maximum atomic E-state index is 12.2. The van der Waals surface area contributed by atoms with Gasteiger partial charge in [-0.25, -0.2) is 4.79 Å². The van der Waals surface area contributed by atoms with E-state index in [9.17, 15) is 14.4 Å². The van der Waals surface area contributed by atoms with Gasteiger partial charge in [-0.3, -0.25) is 9.59 Å². The normalized spacial score (nSPS) is 10.2. The molecular weight excluding hydrogens is 332 g/mol. The Hall–Kier alpha value is -3.15. The molecule has 6 heteroatoms.